The Bertz CT molecular complexity index is 564. The van der Waals surface area contributed by atoms with Crippen molar-refractivity contribution in [3.8, 4) is 0 Å². The van der Waals surface area contributed by atoms with Crippen LogP contribution in [0.15, 0.2) is 48.5 Å². The molecule has 0 fully saturated rings. The van der Waals surface area contributed by atoms with Crippen LogP contribution >= 0.6 is 0 Å². The first-order chi connectivity index (χ1) is 8.34. The average molecular weight is 220 g/mol. The van der Waals surface area contributed by atoms with Crippen molar-refractivity contribution in [2.45, 2.75) is 19.3 Å². The molecule has 1 atom stereocenters. The molecule has 17 heavy (non-hydrogen) atoms. The predicted octanol–water partition coefficient (Wildman–Crippen LogP) is 4.52. The number of hydrogen-bond acceptors (Lipinski definition) is 0. The van der Waals surface area contributed by atoms with Crippen LogP contribution in [0, 0.1) is 0 Å². The second-order valence-corrected chi connectivity index (χ2v) is 4.77. The summed E-state index contributed by atoms with van der Waals surface area (Å²) in [5.41, 5.74) is 5.62. The van der Waals surface area contributed by atoms with Gasteiger partial charge in [-0.2, -0.15) is 0 Å². The Hall–Kier alpha value is -1.82. The topological polar surface area (TPSA) is 0 Å². The Morgan fingerprint density at radius 2 is 1.47 bits per heavy atom. The summed E-state index contributed by atoms with van der Waals surface area (Å²) in [6.07, 6.45) is 5.60. The molecule has 0 aliphatic heterocycles. The summed E-state index contributed by atoms with van der Waals surface area (Å²) in [6, 6.07) is 17.4. The number of fused-ring (bicyclic) bond motifs is 2. The first-order valence-electron chi connectivity index (χ1n) is 6.19. The van der Waals surface area contributed by atoms with Crippen LogP contribution in [0.3, 0.4) is 0 Å². The summed E-state index contributed by atoms with van der Waals surface area (Å²) >= 11 is 0. The van der Waals surface area contributed by atoms with E-state index in [1.165, 1.54) is 22.3 Å². The molecule has 2 aromatic carbocycles. The highest BCUT2D eigenvalue weighted by Gasteiger charge is 2.13. The van der Waals surface area contributed by atoms with Crippen LogP contribution in [0.25, 0.3) is 12.2 Å². The maximum absolute atomic E-state index is 2.31. The molecule has 0 amide bonds. The van der Waals surface area contributed by atoms with Gasteiger partial charge in [0.2, 0.25) is 0 Å². The molecule has 3 rings (SSSR count). The highest BCUT2D eigenvalue weighted by atomic mass is 14.2. The molecule has 1 aliphatic rings. The average Bonchev–Trinajstić information content (AvgIpc) is 2.36. The van der Waals surface area contributed by atoms with Gasteiger partial charge in [-0.05, 0) is 34.6 Å². The van der Waals surface area contributed by atoms with Gasteiger partial charge in [0.25, 0.3) is 0 Å². The van der Waals surface area contributed by atoms with Crippen molar-refractivity contribution >= 4 is 12.2 Å². The van der Waals surface area contributed by atoms with Gasteiger partial charge in [0, 0.05) is 0 Å². The molecule has 2 aromatic rings. The van der Waals surface area contributed by atoms with Crippen molar-refractivity contribution in [2.24, 2.45) is 0 Å². The molecule has 0 bridgehead atoms. The minimum absolute atomic E-state index is 0.581. The second kappa shape index (κ2) is 4.21. The third kappa shape index (κ3) is 1.91. The fourth-order valence-corrected chi connectivity index (χ4v) is 2.61. The van der Waals surface area contributed by atoms with Gasteiger partial charge in [0.05, 0.1) is 0 Å². The van der Waals surface area contributed by atoms with E-state index in [2.05, 4.69) is 67.6 Å². The van der Waals surface area contributed by atoms with Gasteiger partial charge in [-0.15, -0.1) is 0 Å². The van der Waals surface area contributed by atoms with Gasteiger partial charge >= 0.3 is 0 Å². The Morgan fingerprint density at radius 1 is 0.824 bits per heavy atom. The van der Waals surface area contributed by atoms with Crippen molar-refractivity contribution in [3.05, 3.63) is 70.8 Å². The molecule has 0 N–H and O–H groups in total. The van der Waals surface area contributed by atoms with E-state index >= 15 is 0 Å². The Labute approximate surface area is 103 Å². The standard InChI is InChI=1S/C17H16/c1-13-12-16-8-3-2-6-14(16)10-11-15-7-4-5-9-17(13)15/h2-11,13H,12H2,1H3/b11-10-. The maximum atomic E-state index is 2.31. The summed E-state index contributed by atoms with van der Waals surface area (Å²) < 4.78 is 0. The van der Waals surface area contributed by atoms with E-state index in [-0.39, 0.29) is 0 Å². The largest absolute Gasteiger partial charge is 0.0620 e. The van der Waals surface area contributed by atoms with Crippen LogP contribution in [-0.2, 0) is 6.42 Å². The fourth-order valence-electron chi connectivity index (χ4n) is 2.61. The molecule has 1 unspecified atom stereocenters. The minimum atomic E-state index is 0.581. The van der Waals surface area contributed by atoms with Gasteiger partial charge in [-0.1, -0.05) is 67.6 Å². The minimum Gasteiger partial charge on any atom is -0.0620 e. The van der Waals surface area contributed by atoms with E-state index in [1.54, 1.807) is 0 Å². The molecular formula is C17H16. The van der Waals surface area contributed by atoms with Crippen molar-refractivity contribution < 1.29 is 0 Å². The number of hydrogen-bond donors (Lipinski definition) is 0. The van der Waals surface area contributed by atoms with Gasteiger partial charge in [0.1, 0.15) is 0 Å². The lowest BCUT2D eigenvalue weighted by Gasteiger charge is -2.18. The van der Waals surface area contributed by atoms with E-state index in [1.807, 2.05) is 0 Å². The Morgan fingerprint density at radius 3 is 2.35 bits per heavy atom. The van der Waals surface area contributed by atoms with Crippen LogP contribution in [0.5, 0.6) is 0 Å². The molecule has 0 spiro atoms. The Balaban J connectivity index is 2.16. The van der Waals surface area contributed by atoms with Crippen LogP contribution in [0.2, 0.25) is 0 Å². The molecule has 0 aromatic heterocycles. The van der Waals surface area contributed by atoms with Gasteiger partial charge in [-0.3, -0.25) is 0 Å². The van der Waals surface area contributed by atoms with E-state index in [0.29, 0.717) is 5.92 Å². The Kier molecular flexibility index (Phi) is 2.56. The highest BCUT2D eigenvalue weighted by Crippen LogP contribution is 2.29. The van der Waals surface area contributed by atoms with Crippen molar-refractivity contribution in [3.63, 3.8) is 0 Å². The van der Waals surface area contributed by atoms with Crippen molar-refractivity contribution in [1.82, 2.24) is 0 Å². The lowest BCUT2D eigenvalue weighted by Crippen LogP contribution is -2.03. The zero-order valence-corrected chi connectivity index (χ0v) is 10.1. The SMILES string of the molecule is CC1Cc2ccccc2/C=C\c2ccccc21. The molecular weight excluding hydrogens is 204 g/mol. The van der Waals surface area contributed by atoms with Crippen LogP contribution in [-0.4, -0.2) is 0 Å². The lowest BCUT2D eigenvalue weighted by molar-refractivity contribution is 0.755. The zero-order valence-electron chi connectivity index (χ0n) is 10.1. The summed E-state index contributed by atoms with van der Waals surface area (Å²) in [5.74, 6) is 0.581. The molecule has 0 heterocycles. The highest BCUT2D eigenvalue weighted by molar-refractivity contribution is 5.73. The molecule has 1 aliphatic carbocycles. The zero-order chi connectivity index (χ0) is 11.7. The predicted molar refractivity (Wildman–Crippen MR) is 73.9 cm³/mol. The molecule has 84 valence electrons. The summed E-state index contributed by atoms with van der Waals surface area (Å²) in [6.45, 7) is 2.31. The third-order valence-electron chi connectivity index (χ3n) is 3.55. The van der Waals surface area contributed by atoms with Crippen molar-refractivity contribution in [1.29, 1.82) is 0 Å². The van der Waals surface area contributed by atoms with Gasteiger partial charge in [-0.25, -0.2) is 0 Å². The summed E-state index contributed by atoms with van der Waals surface area (Å²) in [5, 5.41) is 0. The quantitative estimate of drug-likeness (QED) is 0.612. The normalized spacial score (nSPS) is 19.7. The van der Waals surface area contributed by atoms with Crippen LogP contribution in [0.4, 0.5) is 0 Å². The van der Waals surface area contributed by atoms with E-state index in [0.717, 1.165) is 6.42 Å². The molecule has 0 nitrogen and oxygen atoms in total. The van der Waals surface area contributed by atoms with E-state index in [9.17, 15) is 0 Å². The van der Waals surface area contributed by atoms with Gasteiger partial charge < -0.3 is 0 Å². The first-order valence-corrected chi connectivity index (χ1v) is 6.19. The van der Waals surface area contributed by atoms with E-state index in [4.69, 9.17) is 0 Å². The smallest absolute Gasteiger partial charge is 0.0144 e. The molecule has 0 saturated carbocycles. The van der Waals surface area contributed by atoms with Crippen LogP contribution < -0.4 is 0 Å². The fraction of sp³-hybridized carbons (Fsp3) is 0.176. The van der Waals surface area contributed by atoms with Crippen LogP contribution in [0.1, 0.15) is 35.1 Å². The summed E-state index contributed by atoms with van der Waals surface area (Å²) in [4.78, 5) is 0. The maximum Gasteiger partial charge on any atom is -0.0144 e. The number of rotatable bonds is 0. The summed E-state index contributed by atoms with van der Waals surface area (Å²) in [7, 11) is 0. The molecule has 0 saturated heterocycles. The van der Waals surface area contributed by atoms with E-state index < -0.39 is 0 Å². The monoisotopic (exact) mass is 220 g/mol. The van der Waals surface area contributed by atoms with Gasteiger partial charge in [0.15, 0.2) is 0 Å². The second-order valence-electron chi connectivity index (χ2n) is 4.77. The third-order valence-corrected chi connectivity index (χ3v) is 3.55. The molecule has 0 heteroatoms. The first kappa shape index (κ1) is 10.3. The number of benzene rings is 2. The lowest BCUT2D eigenvalue weighted by atomic mass is 9.86. The van der Waals surface area contributed by atoms with Crippen molar-refractivity contribution in [2.75, 3.05) is 0 Å². The molecule has 0 radical (unpaired) electrons.